The van der Waals surface area contributed by atoms with Crippen LogP contribution in [-0.4, -0.2) is 53.5 Å². The third-order valence-corrected chi connectivity index (χ3v) is 6.68. The van der Waals surface area contributed by atoms with Crippen molar-refractivity contribution in [3.05, 3.63) is 47.1 Å². The minimum atomic E-state index is -0.0107. The minimum absolute atomic E-state index is 0.0107. The van der Waals surface area contributed by atoms with Gasteiger partial charge in [0.15, 0.2) is 5.13 Å². The number of hydrogen-bond donors (Lipinski definition) is 1. The number of piperidine rings is 1. The smallest absolute Gasteiger partial charge is 0.239 e. The molecule has 1 N–H and O–H groups in total. The number of carbonyl (C=O) groups is 1. The minimum Gasteiger partial charge on any atom is -0.349 e. The second kappa shape index (κ2) is 11.2. The Balaban J connectivity index is 1.75. The molecule has 7 heteroatoms. The molecule has 1 aliphatic rings. The summed E-state index contributed by atoms with van der Waals surface area (Å²) in [6, 6.07) is 1.93. The van der Waals surface area contributed by atoms with Gasteiger partial charge in [-0.1, -0.05) is 30.4 Å². The number of pyridine rings is 1. The van der Waals surface area contributed by atoms with Crippen molar-refractivity contribution in [2.24, 2.45) is 0 Å². The summed E-state index contributed by atoms with van der Waals surface area (Å²) >= 11 is 1.67. The molecule has 2 aromatic rings. The summed E-state index contributed by atoms with van der Waals surface area (Å²) in [5.74, 6) is 0.568. The van der Waals surface area contributed by atoms with Gasteiger partial charge in [-0.25, -0.2) is 9.97 Å². The molecule has 0 bridgehead atoms. The zero-order chi connectivity index (χ0) is 22.2. The van der Waals surface area contributed by atoms with Gasteiger partial charge in [0, 0.05) is 25.5 Å². The van der Waals surface area contributed by atoms with E-state index in [-0.39, 0.29) is 5.91 Å². The van der Waals surface area contributed by atoms with Gasteiger partial charge < -0.3 is 10.2 Å². The Morgan fingerprint density at radius 2 is 1.97 bits per heavy atom. The largest absolute Gasteiger partial charge is 0.349 e. The molecule has 31 heavy (non-hydrogen) atoms. The third-order valence-electron chi connectivity index (χ3n) is 5.57. The van der Waals surface area contributed by atoms with Crippen LogP contribution in [-0.2, 0) is 4.79 Å². The van der Waals surface area contributed by atoms with Gasteiger partial charge in [-0.2, -0.15) is 0 Å². The van der Waals surface area contributed by atoms with Crippen molar-refractivity contribution in [2.45, 2.75) is 40.0 Å². The van der Waals surface area contributed by atoms with Crippen LogP contribution in [0.25, 0.3) is 11.6 Å². The Labute approximate surface area is 189 Å². The van der Waals surface area contributed by atoms with Crippen LogP contribution in [0.3, 0.4) is 0 Å². The number of hydrogen-bond acceptors (Lipinski definition) is 6. The van der Waals surface area contributed by atoms with Gasteiger partial charge in [0.2, 0.25) is 5.91 Å². The first-order valence-corrected chi connectivity index (χ1v) is 11.9. The van der Waals surface area contributed by atoms with Gasteiger partial charge in [0.25, 0.3) is 0 Å². The highest BCUT2D eigenvalue weighted by molar-refractivity contribution is 7.16. The zero-order valence-corrected chi connectivity index (χ0v) is 19.7. The summed E-state index contributed by atoms with van der Waals surface area (Å²) in [5, 5.41) is 3.98. The summed E-state index contributed by atoms with van der Waals surface area (Å²) in [7, 11) is 0. The monoisotopic (exact) mass is 439 g/mol. The number of amides is 1. The molecule has 1 fully saturated rings. The molecule has 0 radical (unpaired) electrons. The average molecular weight is 440 g/mol. The average Bonchev–Trinajstić information content (AvgIpc) is 3.25. The number of nitrogens with one attached hydrogen (secondary N) is 1. The molecule has 3 heterocycles. The van der Waals surface area contributed by atoms with Crippen molar-refractivity contribution in [1.82, 2.24) is 14.9 Å². The maximum atomic E-state index is 12.5. The van der Waals surface area contributed by atoms with Crippen LogP contribution in [0, 0.1) is 6.92 Å². The summed E-state index contributed by atoms with van der Waals surface area (Å²) in [6.07, 6.45) is 11.2. The van der Waals surface area contributed by atoms with Gasteiger partial charge in [0.1, 0.15) is 5.82 Å². The first-order valence-electron chi connectivity index (χ1n) is 11.1. The molecule has 0 spiro atoms. The maximum absolute atomic E-state index is 12.5. The van der Waals surface area contributed by atoms with Gasteiger partial charge in [-0.05, 0) is 75.5 Å². The Hall–Kier alpha value is -2.51. The van der Waals surface area contributed by atoms with Crippen molar-refractivity contribution in [2.75, 3.05) is 42.9 Å². The predicted molar refractivity (Wildman–Crippen MR) is 132 cm³/mol. The number of anilines is 2. The first kappa shape index (κ1) is 23.2. The van der Waals surface area contributed by atoms with Crippen LogP contribution in [0.1, 0.15) is 49.1 Å². The van der Waals surface area contributed by atoms with E-state index in [0.717, 1.165) is 52.9 Å². The van der Waals surface area contributed by atoms with Gasteiger partial charge >= 0.3 is 0 Å². The zero-order valence-electron chi connectivity index (χ0n) is 18.9. The third kappa shape index (κ3) is 6.24. The number of thiazole rings is 1. The fourth-order valence-corrected chi connectivity index (χ4v) is 4.76. The van der Waals surface area contributed by atoms with E-state index in [4.69, 9.17) is 0 Å². The molecule has 0 aromatic carbocycles. The highest BCUT2D eigenvalue weighted by Gasteiger charge is 2.15. The molecule has 0 saturated carbocycles. The molecule has 2 aromatic heterocycles. The van der Waals surface area contributed by atoms with Gasteiger partial charge in [-0.3, -0.25) is 9.69 Å². The molecule has 0 unspecified atom stereocenters. The topological polar surface area (TPSA) is 61.4 Å². The number of rotatable bonds is 9. The lowest BCUT2D eigenvalue weighted by Gasteiger charge is -2.25. The molecule has 6 nitrogen and oxygen atoms in total. The van der Waals surface area contributed by atoms with Crippen LogP contribution < -0.4 is 10.2 Å². The summed E-state index contributed by atoms with van der Waals surface area (Å²) in [4.78, 5) is 27.0. The highest BCUT2D eigenvalue weighted by Crippen LogP contribution is 2.30. The number of nitrogens with zero attached hydrogens (tertiary/aromatic N) is 4. The number of carbonyl (C=O) groups excluding carboxylic acids is 1. The van der Waals surface area contributed by atoms with Crippen LogP contribution in [0.15, 0.2) is 31.1 Å². The Morgan fingerprint density at radius 1 is 1.23 bits per heavy atom. The van der Waals surface area contributed by atoms with Crippen molar-refractivity contribution in [1.29, 1.82) is 0 Å². The van der Waals surface area contributed by atoms with Gasteiger partial charge in [0.05, 0.1) is 11.4 Å². The Bertz CT molecular complexity index is 926. The van der Waals surface area contributed by atoms with Gasteiger partial charge in [-0.15, -0.1) is 0 Å². The molecule has 1 saturated heterocycles. The van der Waals surface area contributed by atoms with E-state index >= 15 is 0 Å². The number of aryl methyl sites for hydroxylation is 1. The Morgan fingerprint density at radius 3 is 2.65 bits per heavy atom. The number of allylic oxidation sites excluding steroid dienone is 2. The standard InChI is InChI=1S/C24H33N5OS/c1-5-19(21-16-26-24(31-21)29(6-2)7-3)13-20-14-22(25-15-18(20)4)27-23(30)17-28-11-9-8-10-12-28/h5,13-16H,1,6-12,17H2,2-4H3,(H,25,27,30)/b19-13+. The summed E-state index contributed by atoms with van der Waals surface area (Å²) in [5.41, 5.74) is 3.06. The van der Waals surface area contributed by atoms with Crippen LogP contribution >= 0.6 is 11.3 Å². The van der Waals surface area contributed by atoms with Crippen LogP contribution in [0.2, 0.25) is 0 Å². The summed E-state index contributed by atoms with van der Waals surface area (Å²) in [6.45, 7) is 14.6. The molecular weight excluding hydrogens is 406 g/mol. The second-order valence-electron chi connectivity index (χ2n) is 7.79. The van der Waals surface area contributed by atoms with Crippen molar-refractivity contribution < 1.29 is 4.79 Å². The number of aromatic nitrogens is 2. The van der Waals surface area contributed by atoms with E-state index < -0.39 is 0 Å². The molecule has 0 aliphatic carbocycles. The quantitative estimate of drug-likeness (QED) is 0.566. The second-order valence-corrected chi connectivity index (χ2v) is 8.80. The van der Waals surface area contributed by atoms with E-state index in [0.29, 0.717) is 12.4 Å². The van der Waals surface area contributed by atoms with E-state index in [1.807, 2.05) is 25.3 Å². The molecule has 3 rings (SSSR count). The molecule has 1 aliphatic heterocycles. The molecule has 0 atom stereocenters. The lowest BCUT2D eigenvalue weighted by molar-refractivity contribution is -0.117. The van der Waals surface area contributed by atoms with E-state index in [1.54, 1.807) is 17.5 Å². The van der Waals surface area contributed by atoms with Crippen molar-refractivity contribution >= 4 is 39.8 Å². The van der Waals surface area contributed by atoms with E-state index in [1.165, 1.54) is 19.3 Å². The number of likely N-dealkylation sites (tertiary alicyclic amines) is 1. The maximum Gasteiger partial charge on any atom is 0.239 e. The van der Waals surface area contributed by atoms with Crippen molar-refractivity contribution in [3.8, 4) is 0 Å². The van der Waals surface area contributed by atoms with E-state index in [2.05, 4.69) is 51.6 Å². The summed E-state index contributed by atoms with van der Waals surface area (Å²) < 4.78 is 0. The van der Waals surface area contributed by atoms with Crippen molar-refractivity contribution in [3.63, 3.8) is 0 Å². The molecule has 1 amide bonds. The lowest BCUT2D eigenvalue weighted by Crippen LogP contribution is -2.36. The highest BCUT2D eigenvalue weighted by atomic mass is 32.1. The molecular formula is C24H33N5OS. The fraction of sp³-hybridized carbons (Fsp3) is 0.458. The first-order chi connectivity index (χ1) is 15.0. The fourth-order valence-electron chi connectivity index (χ4n) is 3.70. The van der Waals surface area contributed by atoms with Crippen LogP contribution in [0.5, 0.6) is 0 Å². The predicted octanol–water partition coefficient (Wildman–Crippen LogP) is 4.84. The SMILES string of the molecule is C=C/C(=C\c1cc(NC(=O)CN2CCCCC2)ncc1C)c1cnc(N(CC)CC)s1. The Kier molecular flexibility index (Phi) is 8.37. The van der Waals surface area contributed by atoms with Crippen LogP contribution in [0.4, 0.5) is 10.9 Å². The van der Waals surface area contributed by atoms with E-state index in [9.17, 15) is 4.79 Å². The normalized spacial score (nSPS) is 15.0. The lowest BCUT2D eigenvalue weighted by atomic mass is 10.1. The molecule has 166 valence electrons.